The Kier molecular flexibility index (Phi) is 2.99. The summed E-state index contributed by atoms with van der Waals surface area (Å²) in [6.07, 6.45) is 1.03. The SMILES string of the molecule is CC[C@H](C(C)C)N1Cc2ccccc2C1=O. The summed E-state index contributed by atoms with van der Waals surface area (Å²) in [5, 5.41) is 0. The topological polar surface area (TPSA) is 20.3 Å². The van der Waals surface area contributed by atoms with E-state index < -0.39 is 0 Å². The first-order chi connectivity index (χ1) is 7.65. The highest BCUT2D eigenvalue weighted by molar-refractivity contribution is 5.98. The zero-order valence-corrected chi connectivity index (χ0v) is 10.2. The van der Waals surface area contributed by atoms with E-state index in [0.717, 1.165) is 18.5 Å². The van der Waals surface area contributed by atoms with Gasteiger partial charge in [0.1, 0.15) is 0 Å². The number of nitrogens with zero attached hydrogens (tertiary/aromatic N) is 1. The number of rotatable bonds is 3. The van der Waals surface area contributed by atoms with E-state index in [1.54, 1.807) is 0 Å². The minimum absolute atomic E-state index is 0.205. The smallest absolute Gasteiger partial charge is 0.254 e. The molecule has 86 valence electrons. The fourth-order valence-corrected chi connectivity index (χ4v) is 2.60. The van der Waals surface area contributed by atoms with Crippen LogP contribution in [0.2, 0.25) is 0 Å². The van der Waals surface area contributed by atoms with Crippen LogP contribution in [0.3, 0.4) is 0 Å². The molecule has 1 aliphatic rings. The molecule has 2 heteroatoms. The van der Waals surface area contributed by atoms with Crippen LogP contribution in [0.1, 0.15) is 43.1 Å². The molecule has 1 aromatic rings. The molecule has 1 amide bonds. The first-order valence-corrected chi connectivity index (χ1v) is 6.04. The molecule has 1 aromatic carbocycles. The summed E-state index contributed by atoms with van der Waals surface area (Å²) < 4.78 is 0. The van der Waals surface area contributed by atoms with Gasteiger partial charge in [-0.3, -0.25) is 4.79 Å². The molecule has 1 heterocycles. The van der Waals surface area contributed by atoms with E-state index in [2.05, 4.69) is 26.8 Å². The van der Waals surface area contributed by atoms with E-state index in [9.17, 15) is 4.79 Å². The highest BCUT2D eigenvalue weighted by Crippen LogP contribution is 2.27. The molecule has 0 saturated heterocycles. The van der Waals surface area contributed by atoms with Gasteiger partial charge in [0, 0.05) is 18.2 Å². The molecule has 0 aromatic heterocycles. The number of hydrogen-bond acceptors (Lipinski definition) is 1. The molecule has 0 bridgehead atoms. The van der Waals surface area contributed by atoms with Crippen molar-refractivity contribution in [2.45, 2.75) is 39.8 Å². The van der Waals surface area contributed by atoms with Crippen LogP contribution in [0.25, 0.3) is 0 Å². The van der Waals surface area contributed by atoms with E-state index in [1.807, 2.05) is 23.1 Å². The summed E-state index contributed by atoms with van der Waals surface area (Å²) in [4.78, 5) is 14.3. The summed E-state index contributed by atoms with van der Waals surface area (Å²) in [6.45, 7) is 7.31. The quantitative estimate of drug-likeness (QED) is 0.762. The van der Waals surface area contributed by atoms with Crippen LogP contribution in [0, 0.1) is 5.92 Å². The monoisotopic (exact) mass is 217 g/mol. The van der Waals surface area contributed by atoms with Crippen molar-refractivity contribution in [3.63, 3.8) is 0 Å². The lowest BCUT2D eigenvalue weighted by atomic mass is 10.0. The minimum atomic E-state index is 0.205. The third-order valence-electron chi connectivity index (χ3n) is 3.44. The fraction of sp³-hybridized carbons (Fsp3) is 0.500. The summed E-state index contributed by atoms with van der Waals surface area (Å²) in [7, 11) is 0. The third kappa shape index (κ3) is 1.73. The summed E-state index contributed by atoms with van der Waals surface area (Å²) in [5.74, 6) is 0.722. The molecule has 0 fully saturated rings. The third-order valence-corrected chi connectivity index (χ3v) is 3.44. The Morgan fingerprint density at radius 3 is 2.56 bits per heavy atom. The van der Waals surface area contributed by atoms with E-state index in [1.165, 1.54) is 5.56 Å². The van der Waals surface area contributed by atoms with E-state index >= 15 is 0 Å². The van der Waals surface area contributed by atoms with Crippen LogP contribution >= 0.6 is 0 Å². The largest absolute Gasteiger partial charge is 0.331 e. The van der Waals surface area contributed by atoms with Crippen LogP contribution in [0.15, 0.2) is 24.3 Å². The van der Waals surface area contributed by atoms with E-state index in [4.69, 9.17) is 0 Å². The van der Waals surface area contributed by atoms with Gasteiger partial charge in [-0.1, -0.05) is 39.0 Å². The Morgan fingerprint density at radius 2 is 2.00 bits per heavy atom. The first kappa shape index (κ1) is 11.2. The minimum Gasteiger partial charge on any atom is -0.331 e. The molecule has 1 atom stereocenters. The van der Waals surface area contributed by atoms with Gasteiger partial charge in [0.05, 0.1) is 0 Å². The summed E-state index contributed by atoms with van der Waals surface area (Å²) in [5.41, 5.74) is 2.06. The molecule has 0 saturated carbocycles. The Morgan fingerprint density at radius 1 is 1.31 bits per heavy atom. The second-order valence-electron chi connectivity index (χ2n) is 4.81. The van der Waals surface area contributed by atoms with Crippen molar-refractivity contribution < 1.29 is 4.79 Å². The van der Waals surface area contributed by atoms with Crippen LogP contribution in [-0.4, -0.2) is 16.8 Å². The van der Waals surface area contributed by atoms with Gasteiger partial charge < -0.3 is 4.90 Å². The molecule has 0 aliphatic carbocycles. The number of amides is 1. The van der Waals surface area contributed by atoms with Gasteiger partial charge in [-0.2, -0.15) is 0 Å². The molecular weight excluding hydrogens is 198 g/mol. The lowest BCUT2D eigenvalue weighted by molar-refractivity contribution is 0.0645. The average Bonchev–Trinajstić information content (AvgIpc) is 2.58. The maximum Gasteiger partial charge on any atom is 0.254 e. The summed E-state index contributed by atoms with van der Waals surface area (Å²) in [6, 6.07) is 8.30. The molecule has 2 rings (SSSR count). The summed E-state index contributed by atoms with van der Waals surface area (Å²) >= 11 is 0. The van der Waals surface area contributed by atoms with Gasteiger partial charge in [-0.05, 0) is 24.0 Å². The molecule has 0 N–H and O–H groups in total. The Hall–Kier alpha value is -1.31. The number of carbonyl (C=O) groups is 1. The van der Waals surface area contributed by atoms with Crippen LogP contribution in [0.5, 0.6) is 0 Å². The predicted octanol–water partition coefficient (Wildman–Crippen LogP) is 3.08. The van der Waals surface area contributed by atoms with Gasteiger partial charge in [0.2, 0.25) is 0 Å². The molecule has 0 spiro atoms. The van der Waals surface area contributed by atoms with E-state index in [-0.39, 0.29) is 5.91 Å². The first-order valence-electron chi connectivity index (χ1n) is 6.04. The molecule has 1 aliphatic heterocycles. The highest BCUT2D eigenvalue weighted by atomic mass is 16.2. The van der Waals surface area contributed by atoms with Gasteiger partial charge in [0.25, 0.3) is 5.91 Å². The highest BCUT2D eigenvalue weighted by Gasteiger charge is 2.32. The maximum absolute atomic E-state index is 12.2. The molecule has 16 heavy (non-hydrogen) atoms. The van der Waals surface area contributed by atoms with Gasteiger partial charge in [-0.25, -0.2) is 0 Å². The number of carbonyl (C=O) groups excluding carboxylic acids is 1. The Labute approximate surface area is 97.3 Å². The van der Waals surface area contributed by atoms with Crippen molar-refractivity contribution in [1.29, 1.82) is 0 Å². The average molecular weight is 217 g/mol. The maximum atomic E-state index is 12.2. The van der Waals surface area contributed by atoms with Crippen molar-refractivity contribution in [3.05, 3.63) is 35.4 Å². The fourth-order valence-electron chi connectivity index (χ4n) is 2.60. The zero-order chi connectivity index (χ0) is 11.7. The van der Waals surface area contributed by atoms with Crippen LogP contribution in [0.4, 0.5) is 0 Å². The van der Waals surface area contributed by atoms with Crippen molar-refractivity contribution in [2.24, 2.45) is 5.92 Å². The zero-order valence-electron chi connectivity index (χ0n) is 10.2. The van der Waals surface area contributed by atoms with Gasteiger partial charge >= 0.3 is 0 Å². The normalized spacial score (nSPS) is 16.8. The molecule has 0 unspecified atom stereocenters. The number of fused-ring (bicyclic) bond motifs is 1. The van der Waals surface area contributed by atoms with Crippen molar-refractivity contribution in [3.8, 4) is 0 Å². The van der Waals surface area contributed by atoms with E-state index in [0.29, 0.717) is 12.0 Å². The Bertz CT molecular complexity index is 397. The number of benzene rings is 1. The van der Waals surface area contributed by atoms with Crippen LogP contribution in [-0.2, 0) is 6.54 Å². The van der Waals surface area contributed by atoms with Crippen LogP contribution < -0.4 is 0 Å². The molecular formula is C14H19NO. The second kappa shape index (κ2) is 4.28. The van der Waals surface area contributed by atoms with Gasteiger partial charge in [-0.15, -0.1) is 0 Å². The van der Waals surface area contributed by atoms with Crippen molar-refractivity contribution >= 4 is 5.91 Å². The standard InChI is InChI=1S/C14H19NO/c1-4-13(10(2)3)15-9-11-7-5-6-8-12(11)14(15)16/h5-8,10,13H,4,9H2,1-3H3/t13-/m1/s1. The lowest BCUT2D eigenvalue weighted by Crippen LogP contribution is -2.38. The second-order valence-corrected chi connectivity index (χ2v) is 4.81. The lowest BCUT2D eigenvalue weighted by Gasteiger charge is -2.30. The predicted molar refractivity (Wildman–Crippen MR) is 65.2 cm³/mol. The van der Waals surface area contributed by atoms with Gasteiger partial charge in [0.15, 0.2) is 0 Å². The van der Waals surface area contributed by atoms with Crippen molar-refractivity contribution in [2.75, 3.05) is 0 Å². The molecule has 2 nitrogen and oxygen atoms in total. The Balaban J connectivity index is 2.27. The number of hydrogen-bond donors (Lipinski definition) is 0. The van der Waals surface area contributed by atoms with Crippen molar-refractivity contribution in [1.82, 2.24) is 4.90 Å². The molecule has 0 radical (unpaired) electrons.